The molecule has 0 amide bonds. The van der Waals surface area contributed by atoms with Gasteiger partial charge in [0.1, 0.15) is 17.1 Å². The summed E-state index contributed by atoms with van der Waals surface area (Å²) in [6.07, 6.45) is -1.02. The van der Waals surface area contributed by atoms with Gasteiger partial charge in [-0.1, -0.05) is 12.1 Å². The molecule has 136 valence electrons. The summed E-state index contributed by atoms with van der Waals surface area (Å²) in [7, 11) is 0. The first-order valence-corrected chi connectivity index (χ1v) is 7.98. The van der Waals surface area contributed by atoms with Crippen molar-refractivity contribution in [3.63, 3.8) is 0 Å². The number of para-hydroxylation sites is 1. The van der Waals surface area contributed by atoms with E-state index in [0.717, 1.165) is 0 Å². The molecule has 0 atom stereocenters. The summed E-state index contributed by atoms with van der Waals surface area (Å²) < 4.78 is 19.9. The lowest BCUT2D eigenvalue weighted by Crippen LogP contribution is -2.16. The van der Waals surface area contributed by atoms with Crippen LogP contribution in [0, 0.1) is 0 Å². The largest absolute Gasteiger partial charge is 0.519 e. The van der Waals surface area contributed by atoms with E-state index in [1.54, 1.807) is 26.0 Å². The standard InChI is InChI=1S/C19H18O7/c1-3-23-17(20)13-9-11-14(12-10-13)25-19(22)26-16-8-6-5-7-15(16)18(21)24-4-2/h5-12H,3-4H2,1-2H3. The Morgan fingerprint density at radius 1 is 0.769 bits per heavy atom. The highest BCUT2D eigenvalue weighted by atomic mass is 16.7. The van der Waals surface area contributed by atoms with Crippen molar-refractivity contribution in [1.29, 1.82) is 0 Å². The fourth-order valence-corrected chi connectivity index (χ4v) is 2.01. The predicted octanol–water partition coefficient (Wildman–Crippen LogP) is 3.62. The minimum atomic E-state index is -1.02. The lowest BCUT2D eigenvalue weighted by atomic mass is 10.2. The molecule has 0 fully saturated rings. The molecule has 0 saturated heterocycles. The van der Waals surface area contributed by atoms with Gasteiger partial charge in [0, 0.05) is 0 Å². The number of rotatable bonds is 6. The molecule has 0 unspecified atom stereocenters. The van der Waals surface area contributed by atoms with Crippen LogP contribution in [0.4, 0.5) is 4.79 Å². The van der Waals surface area contributed by atoms with Crippen LogP contribution < -0.4 is 9.47 Å². The Morgan fingerprint density at radius 2 is 1.38 bits per heavy atom. The molecule has 0 aliphatic carbocycles. The number of ether oxygens (including phenoxy) is 4. The summed E-state index contributed by atoms with van der Waals surface area (Å²) in [4.78, 5) is 35.4. The first-order valence-electron chi connectivity index (χ1n) is 7.98. The molecule has 26 heavy (non-hydrogen) atoms. The highest BCUT2D eigenvalue weighted by Crippen LogP contribution is 2.20. The molecular weight excluding hydrogens is 340 g/mol. The van der Waals surface area contributed by atoms with Crippen molar-refractivity contribution in [2.45, 2.75) is 13.8 Å². The zero-order chi connectivity index (χ0) is 18.9. The van der Waals surface area contributed by atoms with Gasteiger partial charge in [-0.3, -0.25) is 0 Å². The van der Waals surface area contributed by atoms with E-state index < -0.39 is 18.1 Å². The summed E-state index contributed by atoms with van der Waals surface area (Å²) in [5.41, 5.74) is 0.448. The van der Waals surface area contributed by atoms with Gasteiger partial charge >= 0.3 is 18.1 Å². The monoisotopic (exact) mass is 358 g/mol. The minimum absolute atomic E-state index is 0.0269. The molecule has 0 bridgehead atoms. The molecule has 0 radical (unpaired) electrons. The SMILES string of the molecule is CCOC(=O)c1ccc(OC(=O)Oc2ccccc2C(=O)OCC)cc1. The molecule has 7 heteroatoms. The summed E-state index contributed by atoms with van der Waals surface area (Å²) in [5.74, 6) is -0.865. The average molecular weight is 358 g/mol. The molecule has 0 saturated carbocycles. The fraction of sp³-hybridized carbons (Fsp3) is 0.211. The van der Waals surface area contributed by atoms with E-state index in [9.17, 15) is 14.4 Å². The Labute approximate surface area is 150 Å². The van der Waals surface area contributed by atoms with Gasteiger partial charge in [0.15, 0.2) is 0 Å². The molecule has 2 aromatic rings. The van der Waals surface area contributed by atoms with Gasteiger partial charge < -0.3 is 18.9 Å². The molecule has 0 heterocycles. The third kappa shape index (κ3) is 5.07. The third-order valence-corrected chi connectivity index (χ3v) is 3.14. The second-order valence-corrected chi connectivity index (χ2v) is 4.92. The van der Waals surface area contributed by atoms with Crippen molar-refractivity contribution >= 4 is 18.1 Å². The molecule has 0 aromatic heterocycles. The van der Waals surface area contributed by atoms with E-state index in [1.165, 1.54) is 36.4 Å². The van der Waals surface area contributed by atoms with E-state index in [1.807, 2.05) is 0 Å². The zero-order valence-corrected chi connectivity index (χ0v) is 14.4. The van der Waals surface area contributed by atoms with Crippen molar-refractivity contribution in [2.75, 3.05) is 13.2 Å². The van der Waals surface area contributed by atoms with Gasteiger partial charge in [-0.25, -0.2) is 14.4 Å². The number of carbonyl (C=O) groups is 3. The lowest BCUT2D eigenvalue weighted by molar-refractivity contribution is 0.0514. The van der Waals surface area contributed by atoms with Crippen LogP contribution in [0.2, 0.25) is 0 Å². The topological polar surface area (TPSA) is 88.1 Å². The van der Waals surface area contributed by atoms with Crippen LogP contribution in [-0.2, 0) is 9.47 Å². The van der Waals surface area contributed by atoms with Gasteiger partial charge in [-0.2, -0.15) is 0 Å². The van der Waals surface area contributed by atoms with Crippen LogP contribution in [0.1, 0.15) is 34.6 Å². The summed E-state index contributed by atoms with van der Waals surface area (Å²) >= 11 is 0. The Morgan fingerprint density at radius 3 is 2.04 bits per heavy atom. The van der Waals surface area contributed by atoms with Crippen molar-refractivity contribution < 1.29 is 33.3 Å². The molecule has 2 rings (SSSR count). The van der Waals surface area contributed by atoms with Gasteiger partial charge in [0.25, 0.3) is 0 Å². The predicted molar refractivity (Wildman–Crippen MR) is 91.4 cm³/mol. The molecule has 2 aromatic carbocycles. The first kappa shape index (κ1) is 19.0. The van der Waals surface area contributed by atoms with Crippen LogP contribution in [0.5, 0.6) is 11.5 Å². The van der Waals surface area contributed by atoms with Crippen molar-refractivity contribution in [2.24, 2.45) is 0 Å². The highest BCUT2D eigenvalue weighted by Gasteiger charge is 2.17. The van der Waals surface area contributed by atoms with Crippen LogP contribution in [0.3, 0.4) is 0 Å². The molecule has 0 spiro atoms. The smallest absolute Gasteiger partial charge is 0.462 e. The highest BCUT2D eigenvalue weighted by molar-refractivity contribution is 5.93. The molecule has 0 aliphatic rings. The van der Waals surface area contributed by atoms with E-state index in [-0.39, 0.29) is 30.3 Å². The van der Waals surface area contributed by atoms with Crippen LogP contribution in [0.25, 0.3) is 0 Å². The molecular formula is C19H18O7. The number of hydrogen-bond acceptors (Lipinski definition) is 7. The lowest BCUT2D eigenvalue weighted by Gasteiger charge is -2.09. The Balaban J connectivity index is 2.03. The van der Waals surface area contributed by atoms with Crippen molar-refractivity contribution in [1.82, 2.24) is 0 Å². The first-order chi connectivity index (χ1) is 12.5. The van der Waals surface area contributed by atoms with E-state index in [4.69, 9.17) is 18.9 Å². The quantitative estimate of drug-likeness (QED) is 0.575. The second-order valence-electron chi connectivity index (χ2n) is 4.92. The van der Waals surface area contributed by atoms with E-state index >= 15 is 0 Å². The van der Waals surface area contributed by atoms with Gasteiger partial charge in [-0.15, -0.1) is 0 Å². The summed E-state index contributed by atoms with van der Waals surface area (Å²) in [6.45, 7) is 3.85. The third-order valence-electron chi connectivity index (χ3n) is 3.14. The summed E-state index contributed by atoms with van der Waals surface area (Å²) in [5, 5.41) is 0. The Bertz CT molecular complexity index is 781. The Hall–Kier alpha value is -3.35. The Kier molecular flexibility index (Phi) is 6.73. The maximum atomic E-state index is 11.9. The van der Waals surface area contributed by atoms with Gasteiger partial charge in [-0.05, 0) is 50.2 Å². The van der Waals surface area contributed by atoms with Crippen LogP contribution >= 0.6 is 0 Å². The molecule has 7 nitrogen and oxygen atoms in total. The van der Waals surface area contributed by atoms with E-state index in [0.29, 0.717) is 5.56 Å². The average Bonchev–Trinajstić information content (AvgIpc) is 2.63. The summed E-state index contributed by atoms with van der Waals surface area (Å²) in [6, 6.07) is 12.0. The van der Waals surface area contributed by atoms with Crippen LogP contribution in [0.15, 0.2) is 48.5 Å². The normalized spacial score (nSPS) is 9.92. The maximum absolute atomic E-state index is 11.9. The number of carbonyl (C=O) groups excluding carboxylic acids is 3. The fourth-order valence-electron chi connectivity index (χ4n) is 2.01. The van der Waals surface area contributed by atoms with Gasteiger partial charge in [0.05, 0.1) is 18.8 Å². The van der Waals surface area contributed by atoms with Gasteiger partial charge in [0.2, 0.25) is 0 Å². The molecule has 0 aliphatic heterocycles. The maximum Gasteiger partial charge on any atom is 0.519 e. The van der Waals surface area contributed by atoms with E-state index in [2.05, 4.69) is 0 Å². The zero-order valence-electron chi connectivity index (χ0n) is 14.4. The second kappa shape index (κ2) is 9.22. The molecule has 0 N–H and O–H groups in total. The van der Waals surface area contributed by atoms with Crippen LogP contribution in [-0.4, -0.2) is 31.3 Å². The minimum Gasteiger partial charge on any atom is -0.462 e. The van der Waals surface area contributed by atoms with Crippen molar-refractivity contribution in [3.8, 4) is 11.5 Å². The number of benzene rings is 2. The number of esters is 2. The number of hydrogen-bond donors (Lipinski definition) is 0. The van der Waals surface area contributed by atoms with Crippen molar-refractivity contribution in [3.05, 3.63) is 59.7 Å².